The second-order valence-corrected chi connectivity index (χ2v) is 8.18. The van der Waals surface area contributed by atoms with Crippen LogP contribution in [0.3, 0.4) is 0 Å². The Labute approximate surface area is 157 Å². The summed E-state index contributed by atoms with van der Waals surface area (Å²) < 4.78 is 33.2. The van der Waals surface area contributed by atoms with E-state index < -0.39 is 10.0 Å². The van der Waals surface area contributed by atoms with Crippen molar-refractivity contribution in [1.29, 1.82) is 0 Å². The number of rotatable bonds is 6. The van der Waals surface area contributed by atoms with Crippen molar-refractivity contribution in [3.05, 3.63) is 47.5 Å². The Morgan fingerprint density at radius 3 is 2.35 bits per heavy atom. The molecule has 2 N–H and O–H groups in total. The number of hydrogen-bond acceptors (Lipinski definition) is 4. The zero-order valence-corrected chi connectivity index (χ0v) is 15.7. The Balaban J connectivity index is 1.86. The number of hydrogen-bond donors (Lipinski definition) is 2. The molecule has 0 heterocycles. The molecule has 8 heteroatoms. The van der Waals surface area contributed by atoms with Crippen molar-refractivity contribution in [3.63, 3.8) is 0 Å². The highest BCUT2D eigenvalue weighted by Gasteiger charge is 2.26. The molecular weight excluding hydrogens is 376 g/mol. The number of amides is 1. The Bertz CT molecular complexity index is 909. The van der Waals surface area contributed by atoms with Gasteiger partial charge in [0.2, 0.25) is 5.91 Å². The number of ether oxygens (including phenoxy) is 1. The van der Waals surface area contributed by atoms with Crippen LogP contribution in [-0.4, -0.2) is 21.4 Å². The quantitative estimate of drug-likeness (QED) is 0.778. The first kappa shape index (κ1) is 18.5. The lowest BCUT2D eigenvalue weighted by molar-refractivity contribution is -0.122. The van der Waals surface area contributed by atoms with Crippen LogP contribution in [0, 0.1) is 5.92 Å². The van der Waals surface area contributed by atoms with E-state index in [1.54, 1.807) is 30.3 Å². The van der Waals surface area contributed by atoms with Gasteiger partial charge in [0.15, 0.2) is 0 Å². The van der Waals surface area contributed by atoms with Crippen LogP contribution in [0.25, 0.3) is 0 Å². The number of nitrogens with one attached hydrogen (secondary N) is 2. The number of benzene rings is 2. The minimum Gasteiger partial charge on any atom is -0.495 e. The highest BCUT2D eigenvalue weighted by Crippen LogP contribution is 2.31. The molecule has 2 aromatic carbocycles. The van der Waals surface area contributed by atoms with Crippen molar-refractivity contribution < 1.29 is 17.9 Å². The molecule has 3 rings (SSSR count). The van der Waals surface area contributed by atoms with Crippen molar-refractivity contribution in [2.75, 3.05) is 17.1 Å². The molecule has 0 spiro atoms. The maximum atomic E-state index is 12.8. The number of carbonyl (C=O) groups excluding carboxylic acids is 1. The lowest BCUT2D eigenvalue weighted by Crippen LogP contribution is -2.28. The lowest BCUT2D eigenvalue weighted by atomic mass is 9.85. The molecule has 1 aliphatic carbocycles. The molecule has 0 aliphatic heterocycles. The van der Waals surface area contributed by atoms with E-state index >= 15 is 0 Å². The predicted octanol–water partition coefficient (Wildman–Crippen LogP) is 3.89. The smallest absolute Gasteiger partial charge is 0.265 e. The number of carbonyl (C=O) groups is 1. The minimum atomic E-state index is -3.91. The molecular formula is C18H19ClN2O4S. The summed E-state index contributed by atoms with van der Waals surface area (Å²) in [6.07, 6.45) is 2.78. The molecule has 2 aromatic rings. The van der Waals surface area contributed by atoms with Crippen LogP contribution in [0.2, 0.25) is 5.02 Å². The van der Waals surface area contributed by atoms with E-state index in [-0.39, 0.29) is 22.5 Å². The average molecular weight is 395 g/mol. The highest BCUT2D eigenvalue weighted by atomic mass is 35.5. The third kappa shape index (κ3) is 4.11. The maximum Gasteiger partial charge on any atom is 0.265 e. The summed E-state index contributed by atoms with van der Waals surface area (Å²) >= 11 is 5.82. The third-order valence-corrected chi connectivity index (χ3v) is 5.95. The van der Waals surface area contributed by atoms with Gasteiger partial charge in [-0.3, -0.25) is 9.52 Å². The maximum absolute atomic E-state index is 12.8. The number of methoxy groups -OCH3 is 1. The second kappa shape index (κ2) is 7.55. The molecule has 0 aromatic heterocycles. The summed E-state index contributed by atoms with van der Waals surface area (Å²) in [5, 5.41) is 3.28. The van der Waals surface area contributed by atoms with Crippen LogP contribution >= 0.6 is 11.6 Å². The van der Waals surface area contributed by atoms with Crippen molar-refractivity contribution in [2.24, 2.45) is 5.92 Å². The summed E-state index contributed by atoms with van der Waals surface area (Å²) in [5.74, 6) is 0.105. The molecule has 6 nitrogen and oxygen atoms in total. The fourth-order valence-electron chi connectivity index (χ4n) is 2.61. The van der Waals surface area contributed by atoms with Gasteiger partial charge in [0.25, 0.3) is 10.0 Å². The molecule has 0 unspecified atom stereocenters. The normalized spacial score (nSPS) is 14.4. The molecule has 0 atom stereocenters. The van der Waals surface area contributed by atoms with Crippen LogP contribution in [-0.2, 0) is 14.8 Å². The molecule has 1 amide bonds. The average Bonchev–Trinajstić information content (AvgIpc) is 2.55. The largest absolute Gasteiger partial charge is 0.495 e. The molecule has 1 saturated carbocycles. The second-order valence-electron chi connectivity index (χ2n) is 6.10. The number of anilines is 2. The summed E-state index contributed by atoms with van der Waals surface area (Å²) in [6.45, 7) is 0. The van der Waals surface area contributed by atoms with Gasteiger partial charge in [0.1, 0.15) is 10.6 Å². The first-order valence-corrected chi connectivity index (χ1v) is 10.0. The molecule has 0 bridgehead atoms. The monoisotopic (exact) mass is 394 g/mol. The van der Waals surface area contributed by atoms with Gasteiger partial charge < -0.3 is 10.1 Å². The lowest BCUT2D eigenvalue weighted by Gasteiger charge is -2.24. The van der Waals surface area contributed by atoms with Crippen LogP contribution in [0.5, 0.6) is 5.75 Å². The van der Waals surface area contributed by atoms with Gasteiger partial charge >= 0.3 is 0 Å². The Morgan fingerprint density at radius 2 is 1.77 bits per heavy atom. The van der Waals surface area contributed by atoms with Gasteiger partial charge in [-0.25, -0.2) is 8.42 Å². The molecule has 0 saturated heterocycles. The minimum absolute atomic E-state index is 0.00403. The fourth-order valence-corrected chi connectivity index (χ4v) is 3.99. The zero-order chi connectivity index (χ0) is 18.7. The topological polar surface area (TPSA) is 84.5 Å². The van der Waals surface area contributed by atoms with Crippen LogP contribution in [0.15, 0.2) is 47.4 Å². The van der Waals surface area contributed by atoms with Gasteiger partial charge in [0, 0.05) is 22.3 Å². The van der Waals surface area contributed by atoms with Crippen LogP contribution < -0.4 is 14.8 Å². The van der Waals surface area contributed by atoms with Gasteiger partial charge in [-0.1, -0.05) is 18.0 Å². The molecule has 0 radical (unpaired) electrons. The van der Waals surface area contributed by atoms with Crippen molar-refractivity contribution in [2.45, 2.75) is 24.2 Å². The van der Waals surface area contributed by atoms with Gasteiger partial charge in [0.05, 0.1) is 7.11 Å². The zero-order valence-electron chi connectivity index (χ0n) is 14.2. The third-order valence-electron chi connectivity index (χ3n) is 4.29. The summed E-state index contributed by atoms with van der Waals surface area (Å²) in [6, 6.07) is 10.8. The molecule has 26 heavy (non-hydrogen) atoms. The molecule has 1 aliphatic rings. The fraction of sp³-hybridized carbons (Fsp3) is 0.278. The van der Waals surface area contributed by atoms with Crippen molar-refractivity contribution in [1.82, 2.24) is 0 Å². The van der Waals surface area contributed by atoms with Crippen molar-refractivity contribution >= 4 is 38.9 Å². The Kier molecular flexibility index (Phi) is 5.38. The van der Waals surface area contributed by atoms with Gasteiger partial charge in [-0.15, -0.1) is 0 Å². The predicted molar refractivity (Wildman–Crippen MR) is 101 cm³/mol. The Hall–Kier alpha value is -2.25. The summed E-state index contributed by atoms with van der Waals surface area (Å²) in [4.78, 5) is 12.1. The number of halogens is 1. The van der Waals surface area contributed by atoms with E-state index in [0.717, 1.165) is 19.3 Å². The van der Waals surface area contributed by atoms with Crippen LogP contribution in [0.1, 0.15) is 19.3 Å². The molecule has 1 fully saturated rings. The first-order valence-electron chi connectivity index (χ1n) is 8.16. The molecule has 138 valence electrons. The van der Waals surface area contributed by atoms with E-state index in [4.69, 9.17) is 16.3 Å². The van der Waals surface area contributed by atoms with Gasteiger partial charge in [-0.05, 0) is 55.3 Å². The van der Waals surface area contributed by atoms with E-state index in [2.05, 4.69) is 10.0 Å². The summed E-state index contributed by atoms with van der Waals surface area (Å²) in [5.41, 5.74) is 0.791. The first-order chi connectivity index (χ1) is 12.4. The van der Waals surface area contributed by atoms with E-state index in [9.17, 15) is 13.2 Å². The van der Waals surface area contributed by atoms with Crippen LogP contribution in [0.4, 0.5) is 11.4 Å². The van der Waals surface area contributed by atoms with E-state index in [1.807, 2.05) is 0 Å². The van der Waals surface area contributed by atoms with E-state index in [1.165, 1.54) is 19.2 Å². The number of sulfonamides is 1. The van der Waals surface area contributed by atoms with Crippen molar-refractivity contribution in [3.8, 4) is 5.75 Å². The standard InChI is InChI=1S/C18H19ClN2O4S/c1-25-16-10-9-15(20-18(22)12-3-2-4-12)11-17(16)26(23,24)21-14-7-5-13(19)6-8-14/h5-12,21H,2-4H2,1H3,(H,20,22). The van der Waals surface area contributed by atoms with Gasteiger partial charge in [-0.2, -0.15) is 0 Å². The van der Waals surface area contributed by atoms with E-state index in [0.29, 0.717) is 16.4 Å². The Morgan fingerprint density at radius 1 is 1.12 bits per heavy atom. The summed E-state index contributed by atoms with van der Waals surface area (Å²) in [7, 11) is -2.52. The highest BCUT2D eigenvalue weighted by molar-refractivity contribution is 7.92. The SMILES string of the molecule is COc1ccc(NC(=O)C2CCC2)cc1S(=O)(=O)Nc1ccc(Cl)cc1.